The Morgan fingerprint density at radius 3 is 2.11 bits per heavy atom. The van der Waals surface area contributed by atoms with Crippen molar-refractivity contribution < 1.29 is 39.2 Å². The SMILES string of the molecule is CC.CCC.CCO[C@@H](CCC[C@@H]1[C@@]2(C)CC[C@@]34C(C)[C@@]35CC[C@H](OC(=O)Oc3ccc([N+](=O)[O-])cc3)C(C)(C)C5CC[C@H]4C2C[C@@]1(C)O)C(C)(C)O.CO. The molecule has 3 unspecified atom stereocenters. The third kappa shape index (κ3) is 8.49. The highest BCUT2D eigenvalue weighted by atomic mass is 16.7. The Morgan fingerprint density at radius 2 is 1.56 bits per heavy atom. The van der Waals surface area contributed by atoms with Gasteiger partial charge in [-0.2, -0.15) is 0 Å². The number of nitrogens with zero attached hydrogens (tertiary/aromatic N) is 1. The van der Waals surface area contributed by atoms with Crippen molar-refractivity contribution in [1.29, 1.82) is 0 Å². The number of hydrogen-bond donors (Lipinski definition) is 3. The molecule has 0 radical (unpaired) electrons. The zero-order valence-electron chi connectivity index (χ0n) is 36.6. The maximum Gasteiger partial charge on any atom is 0.514 e. The molecule has 316 valence electrons. The monoisotopic (exact) mass is 776 g/mol. The zero-order chi connectivity index (χ0) is 41.8. The minimum atomic E-state index is -0.891. The fraction of sp³-hybridized carbons (Fsp3) is 0.844. The van der Waals surface area contributed by atoms with Crippen LogP contribution in [0.3, 0.4) is 0 Å². The van der Waals surface area contributed by atoms with E-state index in [9.17, 15) is 25.1 Å². The first-order chi connectivity index (χ1) is 25.8. The first-order valence-electron chi connectivity index (χ1n) is 21.4. The van der Waals surface area contributed by atoms with Crippen molar-refractivity contribution in [1.82, 2.24) is 0 Å². The minimum absolute atomic E-state index is 0.0601. The number of aliphatic hydroxyl groups excluding tert-OH is 1. The number of carbonyl (C=O) groups is 1. The predicted octanol–water partition coefficient (Wildman–Crippen LogP) is 10.5. The molecule has 5 aliphatic carbocycles. The van der Waals surface area contributed by atoms with Gasteiger partial charge >= 0.3 is 6.16 Å². The van der Waals surface area contributed by atoms with Crippen LogP contribution in [-0.4, -0.2) is 63.5 Å². The Labute approximate surface area is 332 Å². The average Bonchev–Trinajstić information content (AvgIpc) is 3.57. The van der Waals surface area contributed by atoms with E-state index in [0.717, 1.165) is 64.9 Å². The van der Waals surface area contributed by atoms with Gasteiger partial charge in [-0.25, -0.2) is 4.79 Å². The third-order valence-corrected chi connectivity index (χ3v) is 15.1. The quantitative estimate of drug-likeness (QED) is 0.0914. The number of benzene rings is 1. The van der Waals surface area contributed by atoms with Crippen LogP contribution in [0.25, 0.3) is 0 Å². The summed E-state index contributed by atoms with van der Waals surface area (Å²) in [6, 6.07) is 5.49. The molecule has 11 atom stereocenters. The topological polar surface area (TPSA) is 149 Å². The Kier molecular flexibility index (Phi) is 15.5. The van der Waals surface area contributed by atoms with Crippen LogP contribution >= 0.6 is 0 Å². The van der Waals surface area contributed by atoms with E-state index in [1.54, 1.807) is 0 Å². The normalized spacial score (nSPS) is 36.9. The van der Waals surface area contributed by atoms with Gasteiger partial charge in [0.2, 0.25) is 0 Å². The third-order valence-electron chi connectivity index (χ3n) is 15.1. The second-order valence-corrected chi connectivity index (χ2v) is 18.6. The lowest BCUT2D eigenvalue weighted by Gasteiger charge is -2.59. The summed E-state index contributed by atoms with van der Waals surface area (Å²) < 4.78 is 17.4. The lowest BCUT2D eigenvalue weighted by atomic mass is 9.46. The van der Waals surface area contributed by atoms with Crippen LogP contribution in [0.5, 0.6) is 5.75 Å². The Bertz CT molecular complexity index is 1410. The van der Waals surface area contributed by atoms with Gasteiger partial charge in [0.1, 0.15) is 11.9 Å². The standard InChI is InChI=1S/C39H59NO8.C3H8.C2H6.CH4O/c1-9-46-32(35(5,6)42)12-10-11-30-36(7)21-22-38-24(2)39(38)20-19-31(48-33(41)47-26-15-13-25(14-16-26)40(44)45)34(3,4)29(39)18-17-27(38)28(36)23-37(30,8)43;1-3-2;2*1-2/h13-16,24,27-32,42-43H,9-12,17-23H2,1-8H3;3H2,1-2H3;1-2H3;2H,1H3/t24?,27-,28?,29?,30+,31-,32-,36-,37+,38-,39+;;;/m0.../s1. The predicted molar refractivity (Wildman–Crippen MR) is 218 cm³/mol. The van der Waals surface area contributed by atoms with Gasteiger partial charge in [-0.1, -0.05) is 68.2 Å². The van der Waals surface area contributed by atoms with Crippen LogP contribution in [0.15, 0.2) is 24.3 Å². The van der Waals surface area contributed by atoms with E-state index in [1.807, 2.05) is 34.6 Å². The molecule has 5 aliphatic rings. The molecule has 10 nitrogen and oxygen atoms in total. The molecule has 0 amide bonds. The van der Waals surface area contributed by atoms with Crippen molar-refractivity contribution in [2.45, 2.75) is 177 Å². The molecule has 5 saturated carbocycles. The molecule has 1 aromatic carbocycles. The summed E-state index contributed by atoms with van der Waals surface area (Å²) in [4.78, 5) is 23.5. The van der Waals surface area contributed by atoms with Crippen molar-refractivity contribution in [2.24, 2.45) is 51.2 Å². The summed E-state index contributed by atoms with van der Waals surface area (Å²) in [5, 5.41) is 40.7. The summed E-state index contributed by atoms with van der Waals surface area (Å²) in [7, 11) is 1.00. The van der Waals surface area contributed by atoms with E-state index in [2.05, 4.69) is 48.5 Å². The molecule has 55 heavy (non-hydrogen) atoms. The van der Waals surface area contributed by atoms with E-state index >= 15 is 0 Å². The smallest absolute Gasteiger partial charge is 0.430 e. The highest BCUT2D eigenvalue weighted by molar-refractivity contribution is 5.64. The molecule has 2 spiro atoms. The van der Waals surface area contributed by atoms with Crippen LogP contribution in [0.2, 0.25) is 0 Å². The number of hydrogen-bond acceptors (Lipinski definition) is 9. The maximum absolute atomic E-state index is 13.0. The van der Waals surface area contributed by atoms with Crippen molar-refractivity contribution >= 4 is 11.8 Å². The molecule has 5 fully saturated rings. The molecule has 0 bridgehead atoms. The van der Waals surface area contributed by atoms with Crippen molar-refractivity contribution in [2.75, 3.05) is 13.7 Å². The molecule has 3 N–H and O–H groups in total. The van der Waals surface area contributed by atoms with Crippen LogP contribution in [0.4, 0.5) is 10.5 Å². The Morgan fingerprint density at radius 1 is 0.964 bits per heavy atom. The molecule has 0 aromatic heterocycles. The lowest BCUT2D eigenvalue weighted by Crippen LogP contribution is -2.55. The maximum atomic E-state index is 13.0. The number of fused-ring (bicyclic) bond motifs is 2. The number of non-ortho nitro benzene ring substituents is 1. The summed E-state index contributed by atoms with van der Waals surface area (Å²) in [6.45, 7) is 26.1. The van der Waals surface area contributed by atoms with Crippen LogP contribution in [0.1, 0.15) is 154 Å². The lowest BCUT2D eigenvalue weighted by molar-refractivity contribution is -0.384. The van der Waals surface area contributed by atoms with Gasteiger partial charge in [-0.05, 0) is 143 Å². The largest absolute Gasteiger partial charge is 0.514 e. The van der Waals surface area contributed by atoms with Gasteiger partial charge in [0, 0.05) is 31.3 Å². The number of nitro groups is 1. The molecule has 0 heterocycles. The summed E-state index contributed by atoms with van der Waals surface area (Å²) >= 11 is 0. The molecule has 0 aliphatic heterocycles. The van der Waals surface area contributed by atoms with Gasteiger partial charge in [0.15, 0.2) is 0 Å². The van der Waals surface area contributed by atoms with Crippen molar-refractivity contribution in [3.05, 3.63) is 34.4 Å². The highest BCUT2D eigenvalue weighted by Gasteiger charge is 2.85. The van der Waals surface area contributed by atoms with Gasteiger partial charge in [-0.15, -0.1) is 0 Å². The highest BCUT2D eigenvalue weighted by Crippen LogP contribution is 2.90. The average molecular weight is 776 g/mol. The number of nitro benzene ring substituents is 1. The molecular weight excluding hydrogens is 698 g/mol. The zero-order valence-corrected chi connectivity index (χ0v) is 36.6. The van der Waals surface area contributed by atoms with Gasteiger partial charge < -0.3 is 29.5 Å². The van der Waals surface area contributed by atoms with Gasteiger partial charge in [0.05, 0.1) is 22.2 Å². The molecule has 1 aromatic rings. The fourth-order valence-corrected chi connectivity index (χ4v) is 13.2. The second kappa shape index (κ2) is 18.1. The van der Waals surface area contributed by atoms with Crippen LogP contribution in [-0.2, 0) is 9.47 Å². The molecule has 0 saturated heterocycles. The molecule has 6 rings (SSSR count). The number of rotatable bonds is 10. The van der Waals surface area contributed by atoms with Crippen molar-refractivity contribution in [3.8, 4) is 5.75 Å². The van der Waals surface area contributed by atoms with E-state index in [1.165, 1.54) is 37.1 Å². The Hall–Kier alpha value is -2.27. The van der Waals surface area contributed by atoms with Gasteiger partial charge in [-0.3, -0.25) is 10.1 Å². The fourth-order valence-electron chi connectivity index (χ4n) is 13.2. The van der Waals surface area contributed by atoms with E-state index < -0.39 is 22.3 Å². The summed E-state index contributed by atoms with van der Waals surface area (Å²) in [5.41, 5.74) is -1.30. The van der Waals surface area contributed by atoms with Crippen molar-refractivity contribution in [3.63, 3.8) is 0 Å². The minimum Gasteiger partial charge on any atom is -0.430 e. The molecular formula is C45H77NO9. The van der Waals surface area contributed by atoms with Crippen LogP contribution in [0, 0.1) is 61.4 Å². The van der Waals surface area contributed by atoms with E-state index in [-0.39, 0.29) is 51.2 Å². The van der Waals surface area contributed by atoms with E-state index in [0.29, 0.717) is 30.3 Å². The second-order valence-electron chi connectivity index (χ2n) is 18.6. The number of ether oxygens (including phenoxy) is 3. The number of aliphatic hydroxyl groups is 3. The summed E-state index contributed by atoms with van der Waals surface area (Å²) in [5.74, 6) is 2.56. The van der Waals surface area contributed by atoms with E-state index in [4.69, 9.17) is 19.3 Å². The first-order valence-corrected chi connectivity index (χ1v) is 21.4. The number of carbonyl (C=O) groups excluding carboxylic acids is 1. The van der Waals surface area contributed by atoms with Gasteiger partial charge in [0.25, 0.3) is 5.69 Å². The first kappa shape index (κ1) is 47.1. The summed E-state index contributed by atoms with van der Waals surface area (Å²) in [6.07, 6.45) is 9.95. The molecule has 10 heteroatoms. The van der Waals surface area contributed by atoms with Crippen LogP contribution < -0.4 is 4.74 Å². The Balaban J connectivity index is 0.00000109.